The van der Waals surface area contributed by atoms with Gasteiger partial charge in [0.15, 0.2) is 0 Å². The molecule has 160 valence electrons. The highest BCUT2D eigenvalue weighted by Gasteiger charge is 2.28. The first-order valence-electron chi connectivity index (χ1n) is 10.5. The van der Waals surface area contributed by atoms with Gasteiger partial charge in [-0.05, 0) is 41.5 Å². The van der Waals surface area contributed by atoms with Gasteiger partial charge in [-0.1, -0.05) is 30.3 Å². The lowest BCUT2D eigenvalue weighted by atomic mass is 9.98. The number of aryl methyl sites for hydroxylation is 1. The summed E-state index contributed by atoms with van der Waals surface area (Å²) in [5, 5.41) is 2.06. The molecule has 2 aliphatic heterocycles. The number of carbonyl (C=O) groups is 1. The number of methoxy groups -OCH3 is 1. The van der Waals surface area contributed by atoms with Gasteiger partial charge in [0, 0.05) is 31.3 Å². The number of thiophene rings is 1. The zero-order valence-electron chi connectivity index (χ0n) is 17.4. The van der Waals surface area contributed by atoms with Gasteiger partial charge < -0.3 is 18.9 Å². The van der Waals surface area contributed by atoms with Crippen molar-refractivity contribution < 1.29 is 14.3 Å². The van der Waals surface area contributed by atoms with E-state index in [0.717, 1.165) is 34.5 Å². The summed E-state index contributed by atoms with van der Waals surface area (Å²) < 4.78 is 12.9. The van der Waals surface area contributed by atoms with Crippen LogP contribution in [0.2, 0.25) is 0 Å². The summed E-state index contributed by atoms with van der Waals surface area (Å²) in [4.78, 5) is 28.8. The number of aromatic nitrogens is 1. The van der Waals surface area contributed by atoms with E-state index in [1.165, 1.54) is 5.56 Å². The Hall–Kier alpha value is -2.90. The molecule has 1 atom stereocenters. The second-order valence-corrected chi connectivity index (χ2v) is 8.84. The van der Waals surface area contributed by atoms with Gasteiger partial charge in [-0.2, -0.15) is 0 Å². The maximum atomic E-state index is 13.4. The molecule has 0 aliphatic carbocycles. The van der Waals surface area contributed by atoms with E-state index >= 15 is 0 Å². The number of nitrogens with zero attached hydrogens (tertiary/aromatic N) is 2. The molecule has 3 aromatic rings. The molecule has 0 saturated carbocycles. The number of hydrogen-bond acceptors (Lipinski definition) is 5. The third-order valence-corrected chi connectivity index (χ3v) is 7.07. The summed E-state index contributed by atoms with van der Waals surface area (Å²) in [6.45, 7) is 1.93. The van der Waals surface area contributed by atoms with Crippen molar-refractivity contribution in [1.29, 1.82) is 0 Å². The van der Waals surface area contributed by atoms with Crippen molar-refractivity contribution in [2.75, 3.05) is 20.2 Å². The van der Waals surface area contributed by atoms with Crippen LogP contribution < -0.4 is 5.56 Å². The van der Waals surface area contributed by atoms with Crippen LogP contribution in [0.5, 0.6) is 0 Å². The number of pyridine rings is 1. The molecular formula is C24H24N2O4S. The van der Waals surface area contributed by atoms with Gasteiger partial charge in [-0.15, -0.1) is 11.3 Å². The molecule has 0 radical (unpaired) electrons. The first kappa shape index (κ1) is 20.0. The molecule has 0 bridgehead atoms. The van der Waals surface area contributed by atoms with E-state index in [4.69, 9.17) is 9.47 Å². The molecule has 1 unspecified atom stereocenters. The average Bonchev–Trinajstić information content (AvgIpc) is 3.48. The summed E-state index contributed by atoms with van der Waals surface area (Å²) >= 11 is 1.63. The Bertz CT molecular complexity index is 1170. The summed E-state index contributed by atoms with van der Waals surface area (Å²) in [7, 11) is 1.66. The van der Waals surface area contributed by atoms with E-state index < -0.39 is 0 Å². The molecule has 5 rings (SSSR count). The quantitative estimate of drug-likeness (QED) is 0.616. The standard InChI is InChI=1S/C24H24N2O4S/c1-29-19-8-10-25(14-19)24(28)30-15-18-13-20(16-5-3-2-4-6-16)23(27)26-11-7-17-9-12-31-22(17)21(18)26/h2-6,9,12-13,19H,7-8,10-11,14-15H2,1H3. The summed E-state index contributed by atoms with van der Waals surface area (Å²) in [6.07, 6.45) is 1.37. The lowest BCUT2D eigenvalue weighted by Crippen LogP contribution is -2.31. The Morgan fingerprint density at radius 3 is 2.81 bits per heavy atom. The molecule has 7 heteroatoms. The topological polar surface area (TPSA) is 60.8 Å². The maximum absolute atomic E-state index is 13.4. The number of likely N-dealkylation sites (tertiary alicyclic amines) is 1. The van der Waals surface area contributed by atoms with Crippen molar-refractivity contribution in [2.24, 2.45) is 0 Å². The first-order chi connectivity index (χ1) is 15.2. The second kappa shape index (κ2) is 8.32. The van der Waals surface area contributed by atoms with Gasteiger partial charge in [-0.3, -0.25) is 4.79 Å². The Morgan fingerprint density at radius 2 is 2.03 bits per heavy atom. The monoisotopic (exact) mass is 436 g/mol. The van der Waals surface area contributed by atoms with Crippen molar-refractivity contribution in [2.45, 2.75) is 32.1 Å². The Kier molecular flexibility index (Phi) is 5.38. The van der Waals surface area contributed by atoms with Crippen molar-refractivity contribution in [3.05, 3.63) is 69.3 Å². The third-order valence-electron chi connectivity index (χ3n) is 6.11. The molecule has 6 nitrogen and oxygen atoms in total. The molecule has 1 aromatic carbocycles. The predicted octanol–water partition coefficient (Wildman–Crippen LogP) is 4.16. The van der Waals surface area contributed by atoms with Crippen LogP contribution in [0.4, 0.5) is 4.79 Å². The minimum Gasteiger partial charge on any atom is -0.444 e. The van der Waals surface area contributed by atoms with Gasteiger partial charge in [0.05, 0.1) is 23.2 Å². The largest absolute Gasteiger partial charge is 0.444 e. The number of fused-ring (bicyclic) bond motifs is 3. The molecular weight excluding hydrogens is 412 g/mol. The summed E-state index contributed by atoms with van der Waals surface area (Å²) in [5.41, 5.74) is 4.48. The fraction of sp³-hybridized carbons (Fsp3) is 0.333. The zero-order valence-corrected chi connectivity index (χ0v) is 18.2. The number of benzene rings is 1. The predicted molar refractivity (Wildman–Crippen MR) is 120 cm³/mol. The summed E-state index contributed by atoms with van der Waals surface area (Å²) in [5.74, 6) is 0. The SMILES string of the molecule is COC1CCN(C(=O)OCc2cc(-c3ccccc3)c(=O)n3c2-c2sccc2CC3)C1. The van der Waals surface area contributed by atoms with Crippen LogP contribution in [0.1, 0.15) is 17.5 Å². The van der Waals surface area contributed by atoms with Crippen molar-refractivity contribution >= 4 is 17.4 Å². The Labute approximate surface area is 184 Å². The third kappa shape index (κ3) is 3.68. The van der Waals surface area contributed by atoms with Crippen LogP contribution in [0.3, 0.4) is 0 Å². The fourth-order valence-corrected chi connectivity index (χ4v) is 5.47. The number of carbonyl (C=O) groups excluding carboxylic acids is 1. The molecule has 4 heterocycles. The Morgan fingerprint density at radius 1 is 1.19 bits per heavy atom. The number of hydrogen-bond donors (Lipinski definition) is 0. The van der Waals surface area contributed by atoms with Crippen molar-refractivity contribution in [3.63, 3.8) is 0 Å². The number of ether oxygens (including phenoxy) is 2. The maximum Gasteiger partial charge on any atom is 0.410 e. The van der Waals surface area contributed by atoms with Crippen LogP contribution >= 0.6 is 11.3 Å². The highest BCUT2D eigenvalue weighted by atomic mass is 32.1. The molecule has 0 N–H and O–H groups in total. The van der Waals surface area contributed by atoms with Crippen LogP contribution in [0, 0.1) is 0 Å². The van der Waals surface area contributed by atoms with Gasteiger partial charge in [-0.25, -0.2) is 4.79 Å². The smallest absolute Gasteiger partial charge is 0.410 e. The van der Waals surface area contributed by atoms with Gasteiger partial charge in [0.1, 0.15) is 6.61 Å². The van der Waals surface area contributed by atoms with Crippen LogP contribution in [0.25, 0.3) is 21.7 Å². The summed E-state index contributed by atoms with van der Waals surface area (Å²) in [6, 6.07) is 13.7. The molecule has 1 amide bonds. The van der Waals surface area contributed by atoms with Crippen LogP contribution in [-0.4, -0.2) is 41.9 Å². The first-order valence-corrected chi connectivity index (χ1v) is 11.4. The molecule has 2 aliphatic rings. The molecule has 0 spiro atoms. The lowest BCUT2D eigenvalue weighted by Gasteiger charge is -2.24. The van der Waals surface area contributed by atoms with Crippen molar-refractivity contribution in [1.82, 2.24) is 9.47 Å². The van der Waals surface area contributed by atoms with E-state index in [9.17, 15) is 9.59 Å². The van der Waals surface area contributed by atoms with Crippen molar-refractivity contribution in [3.8, 4) is 21.7 Å². The molecule has 2 aromatic heterocycles. The molecule has 1 saturated heterocycles. The minimum absolute atomic E-state index is 0.00203. The van der Waals surface area contributed by atoms with E-state index in [1.807, 2.05) is 41.0 Å². The second-order valence-electron chi connectivity index (χ2n) is 7.93. The van der Waals surface area contributed by atoms with E-state index in [0.29, 0.717) is 25.2 Å². The molecule has 31 heavy (non-hydrogen) atoms. The average molecular weight is 437 g/mol. The number of rotatable bonds is 4. The highest BCUT2D eigenvalue weighted by Crippen LogP contribution is 2.37. The highest BCUT2D eigenvalue weighted by molar-refractivity contribution is 7.13. The number of amides is 1. The lowest BCUT2D eigenvalue weighted by molar-refractivity contribution is 0.0848. The van der Waals surface area contributed by atoms with E-state index in [2.05, 4.69) is 11.4 Å². The van der Waals surface area contributed by atoms with Gasteiger partial charge >= 0.3 is 6.09 Å². The minimum atomic E-state index is -0.340. The van der Waals surface area contributed by atoms with Crippen LogP contribution in [0.15, 0.2) is 52.6 Å². The zero-order chi connectivity index (χ0) is 21.4. The van der Waals surface area contributed by atoms with Gasteiger partial charge in [0.2, 0.25) is 0 Å². The van der Waals surface area contributed by atoms with Gasteiger partial charge in [0.25, 0.3) is 5.56 Å². The Balaban J connectivity index is 1.51. The van der Waals surface area contributed by atoms with E-state index in [-0.39, 0.29) is 24.4 Å². The van der Waals surface area contributed by atoms with Crippen LogP contribution in [-0.2, 0) is 29.0 Å². The van der Waals surface area contributed by atoms with E-state index in [1.54, 1.807) is 23.3 Å². The fourth-order valence-electron chi connectivity index (χ4n) is 4.43. The normalized spacial score (nSPS) is 17.3. The molecule has 1 fully saturated rings.